The van der Waals surface area contributed by atoms with Gasteiger partial charge in [-0.15, -0.1) is 11.3 Å². The van der Waals surface area contributed by atoms with E-state index in [4.69, 9.17) is 23.2 Å². The fraction of sp³-hybridized carbons (Fsp3) is 0.429. The number of nitrogens with zero attached hydrogens (tertiary/aromatic N) is 1. The van der Waals surface area contributed by atoms with Gasteiger partial charge in [-0.05, 0) is 6.42 Å². The highest BCUT2D eigenvalue weighted by Crippen LogP contribution is 2.19. The number of halogens is 2. The molecule has 1 amide bonds. The van der Waals surface area contributed by atoms with Crippen LogP contribution in [-0.4, -0.2) is 15.7 Å². The summed E-state index contributed by atoms with van der Waals surface area (Å²) < 4.78 is 0. The zero-order valence-electron chi connectivity index (χ0n) is 6.88. The van der Waals surface area contributed by atoms with Crippen molar-refractivity contribution in [2.75, 3.05) is 5.32 Å². The fourth-order valence-electron chi connectivity index (χ4n) is 0.689. The van der Waals surface area contributed by atoms with Crippen LogP contribution < -0.4 is 5.32 Å². The van der Waals surface area contributed by atoms with E-state index in [0.29, 0.717) is 5.13 Å². The van der Waals surface area contributed by atoms with Crippen molar-refractivity contribution in [3.05, 3.63) is 11.1 Å². The highest BCUT2D eigenvalue weighted by atomic mass is 35.5. The Kier molecular flexibility index (Phi) is 3.96. The molecule has 1 heterocycles. The molecule has 0 aliphatic carbocycles. The molecule has 0 saturated carbocycles. The van der Waals surface area contributed by atoms with Gasteiger partial charge < -0.3 is 0 Å². The van der Waals surface area contributed by atoms with E-state index in [9.17, 15) is 4.79 Å². The number of carbonyl (C=O) groups is 1. The molecule has 0 fully saturated rings. The summed E-state index contributed by atoms with van der Waals surface area (Å²) in [4.78, 5) is 15.0. The van der Waals surface area contributed by atoms with Crippen LogP contribution in [0.5, 0.6) is 0 Å². The zero-order chi connectivity index (χ0) is 9.84. The van der Waals surface area contributed by atoms with Crippen molar-refractivity contribution >= 4 is 45.6 Å². The van der Waals surface area contributed by atoms with Crippen LogP contribution in [0.4, 0.5) is 5.13 Å². The Morgan fingerprint density at radius 3 is 2.92 bits per heavy atom. The third-order valence-electron chi connectivity index (χ3n) is 1.33. The molecule has 3 nitrogen and oxygen atoms in total. The minimum absolute atomic E-state index is 0.444. The molecular formula is C7H8Cl2N2OS. The van der Waals surface area contributed by atoms with Crippen LogP contribution in [0.25, 0.3) is 0 Å². The van der Waals surface area contributed by atoms with Gasteiger partial charge in [0.05, 0.1) is 0 Å². The molecule has 1 aromatic rings. The van der Waals surface area contributed by atoms with Crippen molar-refractivity contribution < 1.29 is 4.79 Å². The fourth-order valence-corrected chi connectivity index (χ4v) is 1.55. The Morgan fingerprint density at radius 2 is 2.46 bits per heavy atom. The van der Waals surface area contributed by atoms with Crippen LogP contribution in [0.1, 0.15) is 11.8 Å². The molecule has 0 atom stereocenters. The smallest absolute Gasteiger partial charge is 0.259 e. The predicted molar refractivity (Wildman–Crippen MR) is 55.6 cm³/mol. The lowest BCUT2D eigenvalue weighted by molar-refractivity contribution is -0.114. The van der Waals surface area contributed by atoms with E-state index < -0.39 is 10.7 Å². The molecule has 1 aromatic heterocycles. The molecular weight excluding hydrogens is 231 g/mol. The molecule has 0 saturated heterocycles. The lowest BCUT2D eigenvalue weighted by Crippen LogP contribution is -2.18. The summed E-state index contributed by atoms with van der Waals surface area (Å²) in [7, 11) is 0. The number of amides is 1. The summed E-state index contributed by atoms with van der Waals surface area (Å²) >= 11 is 12.1. The number of hydrogen-bond acceptors (Lipinski definition) is 3. The van der Waals surface area contributed by atoms with E-state index >= 15 is 0 Å². The molecule has 72 valence electrons. The summed E-state index contributed by atoms with van der Waals surface area (Å²) in [5, 5.41) is 3.04. The maximum absolute atomic E-state index is 11.0. The van der Waals surface area contributed by atoms with Crippen molar-refractivity contribution in [2.24, 2.45) is 0 Å². The average molecular weight is 239 g/mol. The number of nitrogens with one attached hydrogen (secondary N) is 1. The van der Waals surface area contributed by atoms with E-state index in [-0.39, 0.29) is 0 Å². The second-order valence-corrected chi connectivity index (χ2v) is 4.49. The van der Waals surface area contributed by atoms with E-state index in [1.54, 1.807) is 6.20 Å². The van der Waals surface area contributed by atoms with Gasteiger partial charge in [-0.2, -0.15) is 0 Å². The number of aromatic nitrogens is 1. The number of anilines is 1. The summed E-state index contributed by atoms with van der Waals surface area (Å²) in [5.74, 6) is -0.444. The summed E-state index contributed by atoms with van der Waals surface area (Å²) in [6.45, 7) is 2.02. The van der Waals surface area contributed by atoms with Gasteiger partial charge in [0.1, 0.15) is 0 Å². The highest BCUT2D eigenvalue weighted by Gasteiger charge is 2.12. The minimum Gasteiger partial charge on any atom is -0.300 e. The van der Waals surface area contributed by atoms with E-state index in [0.717, 1.165) is 11.3 Å². The molecule has 1 rings (SSSR count). The first-order valence-corrected chi connectivity index (χ1v) is 5.36. The molecule has 0 aromatic carbocycles. The number of rotatable bonds is 3. The summed E-state index contributed by atoms with van der Waals surface area (Å²) in [6, 6.07) is 0. The molecule has 1 N–H and O–H groups in total. The molecule has 0 aliphatic heterocycles. The van der Waals surface area contributed by atoms with Crippen molar-refractivity contribution in [3.63, 3.8) is 0 Å². The van der Waals surface area contributed by atoms with Gasteiger partial charge in [-0.1, -0.05) is 30.1 Å². The topological polar surface area (TPSA) is 42.0 Å². The number of thiazole rings is 1. The zero-order valence-corrected chi connectivity index (χ0v) is 9.21. The Labute approximate surface area is 90.1 Å². The molecule has 0 aliphatic rings. The van der Waals surface area contributed by atoms with Gasteiger partial charge in [0, 0.05) is 11.1 Å². The molecule has 0 unspecified atom stereocenters. The van der Waals surface area contributed by atoms with Crippen LogP contribution in [0, 0.1) is 0 Å². The van der Waals surface area contributed by atoms with Crippen molar-refractivity contribution in [1.82, 2.24) is 4.98 Å². The lowest BCUT2D eigenvalue weighted by atomic mass is 10.4. The van der Waals surface area contributed by atoms with Crippen molar-refractivity contribution in [2.45, 2.75) is 18.2 Å². The maximum atomic E-state index is 11.0. The minimum atomic E-state index is -1.05. The van der Waals surface area contributed by atoms with Crippen molar-refractivity contribution in [1.29, 1.82) is 0 Å². The quantitative estimate of drug-likeness (QED) is 0.823. The predicted octanol–water partition coefficient (Wildman–Crippen LogP) is 2.45. The lowest BCUT2D eigenvalue weighted by Gasteiger charge is -1.99. The van der Waals surface area contributed by atoms with E-state index in [2.05, 4.69) is 10.3 Å². The maximum Gasteiger partial charge on any atom is 0.259 e. The Balaban J connectivity index is 2.59. The average Bonchev–Trinajstić information content (AvgIpc) is 2.52. The van der Waals surface area contributed by atoms with Gasteiger partial charge in [0.2, 0.25) is 0 Å². The van der Waals surface area contributed by atoms with Gasteiger partial charge in [0.15, 0.2) is 9.97 Å². The molecule has 6 heteroatoms. The first-order chi connectivity index (χ1) is 6.13. The van der Waals surface area contributed by atoms with Crippen LogP contribution >= 0.6 is 34.5 Å². The Bertz CT molecular complexity index is 300. The standard InChI is InChI=1S/C7H8Cl2N2OS/c1-2-4-3-10-7(13-4)11-6(12)5(8)9/h3,5H,2H2,1H3,(H,10,11,12). The number of alkyl halides is 2. The summed E-state index contributed by atoms with van der Waals surface area (Å²) in [5.41, 5.74) is 0. The monoisotopic (exact) mass is 238 g/mol. The van der Waals surface area contributed by atoms with Crippen LogP contribution in [0.2, 0.25) is 0 Å². The molecule has 0 spiro atoms. The number of carbonyl (C=O) groups excluding carboxylic acids is 1. The second kappa shape index (κ2) is 4.79. The first-order valence-electron chi connectivity index (χ1n) is 3.67. The molecule has 0 radical (unpaired) electrons. The van der Waals surface area contributed by atoms with E-state index in [1.807, 2.05) is 6.92 Å². The van der Waals surface area contributed by atoms with Crippen LogP contribution in [0.15, 0.2) is 6.20 Å². The summed E-state index contributed by atoms with van der Waals surface area (Å²) in [6.07, 6.45) is 2.62. The number of aryl methyl sites for hydroxylation is 1. The number of hydrogen-bond donors (Lipinski definition) is 1. The molecule has 13 heavy (non-hydrogen) atoms. The van der Waals surface area contributed by atoms with E-state index in [1.165, 1.54) is 11.3 Å². The first kappa shape index (κ1) is 10.8. The SMILES string of the molecule is CCc1cnc(NC(=O)C(Cl)Cl)s1. The largest absolute Gasteiger partial charge is 0.300 e. The van der Waals surface area contributed by atoms with Gasteiger partial charge in [-0.3, -0.25) is 10.1 Å². The molecule has 0 bridgehead atoms. The Hall–Kier alpha value is -0.320. The normalized spacial score (nSPS) is 10.5. The van der Waals surface area contributed by atoms with Crippen molar-refractivity contribution in [3.8, 4) is 0 Å². The van der Waals surface area contributed by atoms with Crippen LogP contribution in [-0.2, 0) is 11.2 Å². The van der Waals surface area contributed by atoms with Gasteiger partial charge >= 0.3 is 0 Å². The van der Waals surface area contributed by atoms with Gasteiger partial charge in [-0.25, -0.2) is 4.98 Å². The van der Waals surface area contributed by atoms with Gasteiger partial charge in [0.25, 0.3) is 5.91 Å². The second-order valence-electron chi connectivity index (χ2n) is 2.28. The highest BCUT2D eigenvalue weighted by molar-refractivity contribution is 7.15. The Morgan fingerprint density at radius 1 is 1.77 bits per heavy atom. The third-order valence-corrected chi connectivity index (χ3v) is 2.78. The van der Waals surface area contributed by atoms with Crippen LogP contribution in [0.3, 0.4) is 0 Å². The third kappa shape index (κ3) is 3.14.